The van der Waals surface area contributed by atoms with E-state index in [1.807, 2.05) is 4.68 Å². The predicted octanol–water partition coefficient (Wildman–Crippen LogP) is 4.20. The number of hydrogen-bond donors (Lipinski definition) is 1. The quantitative estimate of drug-likeness (QED) is 0.835. The van der Waals surface area contributed by atoms with Crippen LogP contribution in [0.4, 0.5) is 0 Å². The van der Waals surface area contributed by atoms with Crippen molar-refractivity contribution >= 4 is 0 Å². The molecular formula is C14H26N2O. The van der Waals surface area contributed by atoms with Crippen LogP contribution >= 0.6 is 0 Å². The van der Waals surface area contributed by atoms with Crippen molar-refractivity contribution in [1.29, 1.82) is 0 Å². The lowest BCUT2D eigenvalue weighted by atomic mass is 10.0. The standard InChI is InChI=1S/C14H26N2O/c1-7-10(5)12-14(17)13(9(3)4)16(15-12)11(6)8-2/h9-11,17H,7-8H2,1-6H3. The van der Waals surface area contributed by atoms with E-state index in [-0.39, 0.29) is 0 Å². The van der Waals surface area contributed by atoms with Crippen LogP contribution in [0.2, 0.25) is 0 Å². The van der Waals surface area contributed by atoms with Gasteiger partial charge in [0.1, 0.15) is 5.69 Å². The Kier molecular flexibility index (Phi) is 4.61. The first-order chi connectivity index (χ1) is 7.93. The molecule has 1 heterocycles. The largest absolute Gasteiger partial charge is 0.504 e. The molecule has 2 atom stereocenters. The van der Waals surface area contributed by atoms with Crippen molar-refractivity contribution in [2.45, 2.75) is 72.3 Å². The molecule has 1 aromatic heterocycles. The molecule has 1 N–H and O–H groups in total. The summed E-state index contributed by atoms with van der Waals surface area (Å²) in [4.78, 5) is 0. The molecule has 1 aromatic rings. The summed E-state index contributed by atoms with van der Waals surface area (Å²) in [6.07, 6.45) is 2.03. The third-order valence-corrected chi connectivity index (χ3v) is 3.58. The Morgan fingerprint density at radius 2 is 1.71 bits per heavy atom. The zero-order chi connectivity index (χ0) is 13.2. The average molecular weight is 238 g/mol. The minimum atomic E-state index is 0.300. The van der Waals surface area contributed by atoms with E-state index in [1.54, 1.807) is 0 Å². The third-order valence-electron chi connectivity index (χ3n) is 3.58. The molecule has 0 radical (unpaired) electrons. The first-order valence-corrected chi connectivity index (χ1v) is 6.75. The van der Waals surface area contributed by atoms with Crippen LogP contribution in [0.25, 0.3) is 0 Å². The average Bonchev–Trinajstić information content (AvgIpc) is 2.65. The lowest BCUT2D eigenvalue weighted by Gasteiger charge is -2.15. The van der Waals surface area contributed by atoms with Crippen LogP contribution in [0.1, 0.15) is 83.6 Å². The molecule has 1 rings (SSSR count). The normalized spacial score (nSPS) is 15.2. The van der Waals surface area contributed by atoms with Crippen LogP contribution in [0.15, 0.2) is 0 Å². The molecule has 3 heteroatoms. The van der Waals surface area contributed by atoms with E-state index < -0.39 is 0 Å². The van der Waals surface area contributed by atoms with Crippen molar-refractivity contribution in [3.8, 4) is 5.75 Å². The van der Waals surface area contributed by atoms with E-state index in [9.17, 15) is 5.11 Å². The van der Waals surface area contributed by atoms with Crippen LogP contribution in [-0.2, 0) is 0 Å². The van der Waals surface area contributed by atoms with Crippen molar-refractivity contribution in [2.24, 2.45) is 0 Å². The zero-order valence-electron chi connectivity index (χ0n) is 12.0. The van der Waals surface area contributed by atoms with E-state index in [4.69, 9.17) is 0 Å². The molecule has 0 aliphatic heterocycles. The highest BCUT2D eigenvalue weighted by atomic mass is 16.3. The third kappa shape index (κ3) is 2.64. The summed E-state index contributed by atoms with van der Waals surface area (Å²) < 4.78 is 2.02. The van der Waals surface area contributed by atoms with Crippen LogP contribution < -0.4 is 0 Å². The summed E-state index contributed by atoms with van der Waals surface area (Å²) in [5.41, 5.74) is 1.84. The van der Waals surface area contributed by atoms with Gasteiger partial charge in [-0.25, -0.2) is 0 Å². The highest BCUT2D eigenvalue weighted by Gasteiger charge is 2.24. The number of nitrogens with zero attached hydrogens (tertiary/aromatic N) is 2. The van der Waals surface area contributed by atoms with E-state index in [1.165, 1.54) is 0 Å². The van der Waals surface area contributed by atoms with Crippen molar-refractivity contribution in [3.63, 3.8) is 0 Å². The highest BCUT2D eigenvalue weighted by Crippen LogP contribution is 2.36. The Hall–Kier alpha value is -0.990. The van der Waals surface area contributed by atoms with Gasteiger partial charge in [-0.3, -0.25) is 4.68 Å². The zero-order valence-corrected chi connectivity index (χ0v) is 12.0. The molecule has 3 nitrogen and oxygen atoms in total. The number of rotatable bonds is 5. The lowest BCUT2D eigenvalue weighted by Crippen LogP contribution is -2.11. The Balaban J connectivity index is 3.29. The van der Waals surface area contributed by atoms with Gasteiger partial charge < -0.3 is 5.11 Å². The Labute approximate surface area is 105 Å². The van der Waals surface area contributed by atoms with Gasteiger partial charge in [0.05, 0.1) is 5.69 Å². The molecule has 17 heavy (non-hydrogen) atoms. The fourth-order valence-electron chi connectivity index (χ4n) is 2.03. The van der Waals surface area contributed by atoms with Gasteiger partial charge in [-0.2, -0.15) is 5.10 Å². The molecule has 0 aliphatic carbocycles. The molecule has 98 valence electrons. The SMILES string of the molecule is CCC(C)c1nn(C(C)CC)c(C(C)C)c1O. The number of aromatic nitrogens is 2. The predicted molar refractivity (Wildman–Crippen MR) is 71.7 cm³/mol. The van der Waals surface area contributed by atoms with Gasteiger partial charge in [0.15, 0.2) is 5.75 Å². The fraction of sp³-hybridized carbons (Fsp3) is 0.786. The van der Waals surface area contributed by atoms with Gasteiger partial charge in [-0.15, -0.1) is 0 Å². The summed E-state index contributed by atoms with van der Waals surface area (Å²) in [6, 6.07) is 0.344. The molecule has 0 amide bonds. The van der Waals surface area contributed by atoms with Gasteiger partial charge in [-0.1, -0.05) is 34.6 Å². The van der Waals surface area contributed by atoms with Gasteiger partial charge in [0.25, 0.3) is 0 Å². The van der Waals surface area contributed by atoms with Crippen molar-refractivity contribution < 1.29 is 5.11 Å². The second-order valence-corrected chi connectivity index (χ2v) is 5.28. The smallest absolute Gasteiger partial charge is 0.160 e. The molecule has 0 aliphatic rings. The first-order valence-electron chi connectivity index (χ1n) is 6.75. The first kappa shape index (κ1) is 14.1. The number of aromatic hydroxyl groups is 1. The maximum atomic E-state index is 10.3. The van der Waals surface area contributed by atoms with Crippen molar-refractivity contribution in [1.82, 2.24) is 9.78 Å². The Morgan fingerprint density at radius 3 is 2.12 bits per heavy atom. The van der Waals surface area contributed by atoms with Crippen molar-refractivity contribution in [2.75, 3.05) is 0 Å². The molecule has 0 aromatic carbocycles. The van der Waals surface area contributed by atoms with Gasteiger partial charge in [0.2, 0.25) is 0 Å². The van der Waals surface area contributed by atoms with Gasteiger partial charge in [-0.05, 0) is 25.7 Å². The summed E-state index contributed by atoms with van der Waals surface area (Å²) in [6.45, 7) is 12.8. The van der Waals surface area contributed by atoms with Gasteiger partial charge >= 0.3 is 0 Å². The van der Waals surface area contributed by atoms with E-state index in [0.29, 0.717) is 23.6 Å². The molecule has 0 fully saturated rings. The second-order valence-electron chi connectivity index (χ2n) is 5.28. The summed E-state index contributed by atoms with van der Waals surface area (Å²) in [5, 5.41) is 15.0. The monoisotopic (exact) mass is 238 g/mol. The topological polar surface area (TPSA) is 38.0 Å². The molecular weight excluding hydrogens is 212 g/mol. The van der Waals surface area contributed by atoms with Crippen LogP contribution in [0.5, 0.6) is 5.75 Å². The van der Waals surface area contributed by atoms with Crippen LogP contribution in [0.3, 0.4) is 0 Å². The Morgan fingerprint density at radius 1 is 1.12 bits per heavy atom. The molecule has 0 saturated heterocycles. The number of hydrogen-bond acceptors (Lipinski definition) is 2. The minimum absolute atomic E-state index is 0.300. The maximum absolute atomic E-state index is 10.3. The summed E-state index contributed by atoms with van der Waals surface area (Å²) in [5.74, 6) is 1.03. The van der Waals surface area contributed by atoms with E-state index >= 15 is 0 Å². The second kappa shape index (κ2) is 5.56. The Bertz CT molecular complexity index is 369. The van der Waals surface area contributed by atoms with Crippen molar-refractivity contribution in [3.05, 3.63) is 11.4 Å². The fourth-order valence-corrected chi connectivity index (χ4v) is 2.03. The van der Waals surface area contributed by atoms with E-state index in [2.05, 4.69) is 46.6 Å². The lowest BCUT2D eigenvalue weighted by molar-refractivity contribution is 0.428. The van der Waals surface area contributed by atoms with Crippen LogP contribution in [-0.4, -0.2) is 14.9 Å². The highest BCUT2D eigenvalue weighted by molar-refractivity contribution is 5.36. The van der Waals surface area contributed by atoms with Crippen LogP contribution in [0, 0.1) is 0 Å². The summed E-state index contributed by atoms with van der Waals surface area (Å²) in [7, 11) is 0. The molecule has 0 bridgehead atoms. The van der Waals surface area contributed by atoms with Gasteiger partial charge in [0, 0.05) is 12.0 Å². The van der Waals surface area contributed by atoms with E-state index in [0.717, 1.165) is 24.2 Å². The molecule has 0 saturated carbocycles. The molecule has 2 unspecified atom stereocenters. The molecule has 0 spiro atoms. The minimum Gasteiger partial charge on any atom is -0.504 e. The maximum Gasteiger partial charge on any atom is 0.160 e. The summed E-state index contributed by atoms with van der Waals surface area (Å²) >= 11 is 0.